The normalized spacial score (nSPS) is 10.4. The molecule has 7 heteroatoms. The van der Waals surface area contributed by atoms with Crippen molar-refractivity contribution < 1.29 is 23.6 Å². The Hall–Kier alpha value is -3.61. The third-order valence-corrected chi connectivity index (χ3v) is 4.51. The summed E-state index contributed by atoms with van der Waals surface area (Å²) < 4.78 is 15.7. The number of methoxy groups -OCH3 is 1. The Labute approximate surface area is 168 Å². The average molecular weight is 394 g/mol. The van der Waals surface area contributed by atoms with Crippen LogP contribution in [0, 0.1) is 13.8 Å². The fourth-order valence-corrected chi connectivity index (χ4v) is 2.79. The van der Waals surface area contributed by atoms with Gasteiger partial charge in [-0.05, 0) is 43.7 Å². The fourth-order valence-electron chi connectivity index (χ4n) is 2.79. The standard InChI is InChI=1S/C22H22N2O5/c1-14-19(15(2)29-24-14)13-28-20-7-5-4-6-18(20)21(25)23-12-16-8-10-17(11-9-16)22(26)27-3/h4-11H,12-13H2,1-3H3,(H,23,25). The summed E-state index contributed by atoms with van der Waals surface area (Å²) in [6.45, 7) is 4.25. The van der Waals surface area contributed by atoms with Crippen molar-refractivity contribution in [1.29, 1.82) is 0 Å². The molecule has 1 aromatic heterocycles. The van der Waals surface area contributed by atoms with Crippen LogP contribution in [0.4, 0.5) is 0 Å². The number of aryl methyl sites for hydroxylation is 2. The van der Waals surface area contributed by atoms with Crippen molar-refractivity contribution in [1.82, 2.24) is 10.5 Å². The highest BCUT2D eigenvalue weighted by atomic mass is 16.5. The van der Waals surface area contributed by atoms with Crippen molar-refractivity contribution in [2.45, 2.75) is 27.0 Å². The Bertz CT molecular complexity index is 989. The summed E-state index contributed by atoms with van der Waals surface area (Å²) in [4.78, 5) is 24.1. The molecule has 29 heavy (non-hydrogen) atoms. The van der Waals surface area contributed by atoms with Gasteiger partial charge in [-0.2, -0.15) is 0 Å². The Kier molecular flexibility index (Phi) is 6.29. The van der Waals surface area contributed by atoms with Crippen LogP contribution < -0.4 is 10.1 Å². The van der Waals surface area contributed by atoms with E-state index >= 15 is 0 Å². The summed E-state index contributed by atoms with van der Waals surface area (Å²) >= 11 is 0. The van der Waals surface area contributed by atoms with Crippen molar-refractivity contribution in [3.8, 4) is 5.75 Å². The van der Waals surface area contributed by atoms with Crippen molar-refractivity contribution in [2.75, 3.05) is 7.11 Å². The number of hydrogen-bond acceptors (Lipinski definition) is 6. The summed E-state index contributed by atoms with van der Waals surface area (Å²) in [6.07, 6.45) is 0. The lowest BCUT2D eigenvalue weighted by Crippen LogP contribution is -2.23. The molecule has 1 amide bonds. The second kappa shape index (κ2) is 9.05. The molecule has 2 aromatic carbocycles. The lowest BCUT2D eigenvalue weighted by atomic mass is 10.1. The number of carbonyl (C=O) groups is 2. The van der Waals surface area contributed by atoms with Crippen LogP contribution in [0.2, 0.25) is 0 Å². The molecule has 1 heterocycles. The molecule has 0 radical (unpaired) electrons. The van der Waals surface area contributed by atoms with Gasteiger partial charge in [0, 0.05) is 6.54 Å². The maximum atomic E-state index is 12.7. The van der Waals surface area contributed by atoms with E-state index in [1.807, 2.05) is 19.9 Å². The Morgan fingerprint density at radius 1 is 1.07 bits per heavy atom. The van der Waals surface area contributed by atoms with Crippen LogP contribution in [0.3, 0.4) is 0 Å². The number of nitrogens with zero attached hydrogens (tertiary/aromatic N) is 1. The van der Waals surface area contributed by atoms with Crippen LogP contribution in [0.1, 0.15) is 43.3 Å². The summed E-state index contributed by atoms with van der Waals surface area (Å²) in [6, 6.07) is 13.9. The van der Waals surface area contributed by atoms with Gasteiger partial charge < -0.3 is 19.3 Å². The monoisotopic (exact) mass is 394 g/mol. The number of aromatic nitrogens is 1. The van der Waals surface area contributed by atoms with Gasteiger partial charge in [0.15, 0.2) is 0 Å². The molecule has 0 bridgehead atoms. The average Bonchev–Trinajstić information content (AvgIpc) is 3.07. The molecular formula is C22H22N2O5. The first-order valence-corrected chi connectivity index (χ1v) is 9.08. The number of carbonyl (C=O) groups excluding carboxylic acids is 2. The van der Waals surface area contributed by atoms with Crippen molar-refractivity contribution >= 4 is 11.9 Å². The van der Waals surface area contributed by atoms with Crippen LogP contribution in [-0.4, -0.2) is 24.1 Å². The summed E-state index contributed by atoms with van der Waals surface area (Å²) in [5.74, 6) is 0.521. The molecule has 0 aliphatic rings. The molecule has 0 aliphatic heterocycles. The van der Waals surface area contributed by atoms with E-state index in [-0.39, 0.29) is 12.5 Å². The van der Waals surface area contributed by atoms with E-state index < -0.39 is 5.97 Å². The molecule has 0 saturated carbocycles. The summed E-state index contributed by atoms with van der Waals surface area (Å²) in [5.41, 5.74) is 3.39. The third kappa shape index (κ3) is 4.82. The minimum atomic E-state index is -0.398. The molecule has 1 N–H and O–H groups in total. The van der Waals surface area contributed by atoms with Crippen LogP contribution >= 0.6 is 0 Å². The van der Waals surface area contributed by atoms with Crippen LogP contribution in [0.5, 0.6) is 5.75 Å². The Balaban J connectivity index is 1.64. The number of hydrogen-bond donors (Lipinski definition) is 1. The van der Waals surface area contributed by atoms with E-state index in [0.29, 0.717) is 29.2 Å². The van der Waals surface area contributed by atoms with Gasteiger partial charge in [0.1, 0.15) is 18.1 Å². The third-order valence-electron chi connectivity index (χ3n) is 4.51. The molecule has 3 aromatic rings. The minimum absolute atomic E-state index is 0.253. The summed E-state index contributed by atoms with van der Waals surface area (Å²) in [5, 5.41) is 6.78. The van der Waals surface area contributed by atoms with Gasteiger partial charge >= 0.3 is 5.97 Å². The lowest BCUT2D eigenvalue weighted by molar-refractivity contribution is 0.0600. The van der Waals surface area contributed by atoms with Crippen LogP contribution in [0.25, 0.3) is 0 Å². The van der Waals surface area contributed by atoms with Gasteiger partial charge in [0.05, 0.1) is 29.5 Å². The quantitative estimate of drug-likeness (QED) is 0.616. The van der Waals surface area contributed by atoms with Gasteiger partial charge in [-0.15, -0.1) is 0 Å². The zero-order valence-electron chi connectivity index (χ0n) is 16.5. The molecule has 0 fully saturated rings. The van der Waals surface area contributed by atoms with E-state index in [2.05, 4.69) is 15.2 Å². The smallest absolute Gasteiger partial charge is 0.337 e. The fraction of sp³-hybridized carbons (Fsp3) is 0.227. The first-order valence-electron chi connectivity index (χ1n) is 9.08. The maximum absolute atomic E-state index is 12.7. The van der Waals surface area contributed by atoms with Crippen LogP contribution in [0.15, 0.2) is 53.1 Å². The molecule has 0 spiro atoms. The highest BCUT2D eigenvalue weighted by molar-refractivity contribution is 5.96. The molecule has 0 saturated heterocycles. The van der Waals surface area contributed by atoms with Gasteiger partial charge in [0.25, 0.3) is 5.91 Å². The number of para-hydroxylation sites is 1. The van der Waals surface area contributed by atoms with Crippen molar-refractivity contribution in [2.24, 2.45) is 0 Å². The molecule has 150 valence electrons. The molecule has 0 atom stereocenters. The van der Waals surface area contributed by atoms with Gasteiger partial charge in [-0.25, -0.2) is 4.79 Å². The second-order valence-electron chi connectivity index (χ2n) is 6.46. The summed E-state index contributed by atoms with van der Waals surface area (Å²) in [7, 11) is 1.34. The van der Waals surface area contributed by atoms with Crippen LogP contribution in [-0.2, 0) is 17.9 Å². The zero-order valence-corrected chi connectivity index (χ0v) is 16.5. The number of nitrogens with one attached hydrogen (secondary N) is 1. The molecule has 7 nitrogen and oxygen atoms in total. The number of amides is 1. The lowest BCUT2D eigenvalue weighted by Gasteiger charge is -2.12. The second-order valence-corrected chi connectivity index (χ2v) is 6.46. The predicted octanol–water partition coefficient (Wildman–Crippen LogP) is 3.59. The van der Waals surface area contributed by atoms with Crippen molar-refractivity contribution in [3.63, 3.8) is 0 Å². The highest BCUT2D eigenvalue weighted by Gasteiger charge is 2.15. The Morgan fingerprint density at radius 3 is 2.45 bits per heavy atom. The molecule has 0 aliphatic carbocycles. The molecule has 0 unspecified atom stereocenters. The first kappa shape index (κ1) is 20.1. The maximum Gasteiger partial charge on any atom is 0.337 e. The number of ether oxygens (including phenoxy) is 2. The topological polar surface area (TPSA) is 90.7 Å². The van der Waals surface area contributed by atoms with Crippen molar-refractivity contribution in [3.05, 3.63) is 82.2 Å². The van der Waals surface area contributed by atoms with E-state index in [1.54, 1.807) is 42.5 Å². The van der Waals surface area contributed by atoms with E-state index in [0.717, 1.165) is 16.8 Å². The van der Waals surface area contributed by atoms with Gasteiger partial charge in [0.2, 0.25) is 0 Å². The minimum Gasteiger partial charge on any atom is -0.488 e. The largest absolute Gasteiger partial charge is 0.488 e. The van der Waals surface area contributed by atoms with Gasteiger partial charge in [-0.1, -0.05) is 29.4 Å². The zero-order chi connectivity index (χ0) is 20.8. The van der Waals surface area contributed by atoms with E-state index in [9.17, 15) is 9.59 Å². The number of esters is 1. The number of benzene rings is 2. The van der Waals surface area contributed by atoms with E-state index in [4.69, 9.17) is 9.26 Å². The number of rotatable bonds is 7. The Morgan fingerprint density at radius 2 is 1.79 bits per heavy atom. The first-order chi connectivity index (χ1) is 14.0. The SMILES string of the molecule is COC(=O)c1ccc(CNC(=O)c2ccccc2OCc2c(C)noc2C)cc1. The molecule has 3 rings (SSSR count). The van der Waals surface area contributed by atoms with Gasteiger partial charge in [-0.3, -0.25) is 4.79 Å². The predicted molar refractivity (Wildman–Crippen MR) is 106 cm³/mol. The van der Waals surface area contributed by atoms with E-state index in [1.165, 1.54) is 7.11 Å². The molecular weight excluding hydrogens is 372 g/mol. The highest BCUT2D eigenvalue weighted by Crippen LogP contribution is 2.21.